The number of piperidine rings is 1. The summed E-state index contributed by atoms with van der Waals surface area (Å²) < 4.78 is 5.39. The summed E-state index contributed by atoms with van der Waals surface area (Å²) in [6.07, 6.45) is 1.22. The molecule has 5 rings (SSSR count). The predicted octanol–water partition coefficient (Wildman–Crippen LogP) is 0.120. The maximum absolute atomic E-state index is 13.3. The third kappa shape index (κ3) is 3.96. The average Bonchev–Trinajstić information content (AvgIpc) is 3.42. The molecule has 1 atom stereocenters. The number of aromatic nitrogens is 2. The maximum atomic E-state index is 13.3. The van der Waals surface area contributed by atoms with Crippen molar-refractivity contribution in [3.05, 3.63) is 47.0 Å². The summed E-state index contributed by atoms with van der Waals surface area (Å²) >= 11 is 0. The van der Waals surface area contributed by atoms with E-state index in [9.17, 15) is 24.0 Å². The Morgan fingerprint density at radius 3 is 2.80 bits per heavy atom. The standard InChI is InChI=1S/C23H22N6O6/c1-24-20(31)13-5-2-4-12(10-13)19-26-17(35-27-19)11-28-9-3-6-14-18(28)23(34)29(22(14)33)15-7-8-16(30)25-21(15)32/h2,4-5,10,15H,3,6-9,11H2,1H3,(H,24,31)(H,25,30,32). The van der Waals surface area contributed by atoms with Gasteiger partial charge in [-0.3, -0.25) is 34.2 Å². The number of benzene rings is 1. The van der Waals surface area contributed by atoms with E-state index in [1.54, 1.807) is 36.2 Å². The Morgan fingerprint density at radius 1 is 1.20 bits per heavy atom. The lowest BCUT2D eigenvalue weighted by molar-refractivity contribution is -0.150. The molecule has 1 aromatic carbocycles. The second-order valence-electron chi connectivity index (χ2n) is 8.47. The SMILES string of the molecule is CNC(=O)c1cccc(-c2noc(CN3CCCC4=C3C(=O)N(C3CCC(=O)NC3=O)C4=O)n2)c1. The lowest BCUT2D eigenvalue weighted by Gasteiger charge is -2.29. The molecule has 3 aliphatic rings. The van der Waals surface area contributed by atoms with E-state index >= 15 is 0 Å². The van der Waals surface area contributed by atoms with Crippen molar-refractivity contribution in [1.82, 2.24) is 30.6 Å². The highest BCUT2D eigenvalue weighted by atomic mass is 16.5. The van der Waals surface area contributed by atoms with E-state index in [1.807, 2.05) is 0 Å². The molecule has 1 aromatic heterocycles. The first-order chi connectivity index (χ1) is 16.9. The zero-order valence-electron chi connectivity index (χ0n) is 18.9. The summed E-state index contributed by atoms with van der Waals surface area (Å²) in [5.74, 6) is -1.84. The first-order valence-electron chi connectivity index (χ1n) is 11.2. The number of nitrogens with one attached hydrogen (secondary N) is 2. The number of rotatable bonds is 5. The molecule has 5 amide bonds. The van der Waals surface area contributed by atoms with Crippen molar-refractivity contribution >= 4 is 29.5 Å². The molecule has 3 aliphatic heterocycles. The summed E-state index contributed by atoms with van der Waals surface area (Å²) in [7, 11) is 1.54. The average molecular weight is 478 g/mol. The quantitative estimate of drug-likeness (QED) is 0.570. The van der Waals surface area contributed by atoms with E-state index in [4.69, 9.17) is 4.52 Å². The van der Waals surface area contributed by atoms with Crippen molar-refractivity contribution in [2.75, 3.05) is 13.6 Å². The monoisotopic (exact) mass is 478 g/mol. The molecular weight excluding hydrogens is 456 g/mol. The van der Waals surface area contributed by atoms with Crippen LogP contribution >= 0.6 is 0 Å². The van der Waals surface area contributed by atoms with Crippen LogP contribution in [0.3, 0.4) is 0 Å². The molecule has 0 spiro atoms. The molecule has 4 heterocycles. The molecule has 0 radical (unpaired) electrons. The van der Waals surface area contributed by atoms with E-state index in [1.165, 1.54) is 0 Å². The minimum absolute atomic E-state index is 0.0632. The molecule has 0 aliphatic carbocycles. The van der Waals surface area contributed by atoms with Gasteiger partial charge in [-0.05, 0) is 31.4 Å². The van der Waals surface area contributed by atoms with Gasteiger partial charge in [0.1, 0.15) is 11.7 Å². The van der Waals surface area contributed by atoms with Crippen LogP contribution < -0.4 is 10.6 Å². The lowest BCUT2D eigenvalue weighted by Crippen LogP contribution is -2.55. The van der Waals surface area contributed by atoms with Crippen LogP contribution in [0.1, 0.15) is 41.9 Å². The predicted molar refractivity (Wildman–Crippen MR) is 118 cm³/mol. The van der Waals surface area contributed by atoms with E-state index in [0.717, 1.165) is 4.90 Å². The van der Waals surface area contributed by atoms with Gasteiger partial charge in [-0.2, -0.15) is 4.98 Å². The maximum Gasteiger partial charge on any atom is 0.278 e. The van der Waals surface area contributed by atoms with Gasteiger partial charge < -0.3 is 14.7 Å². The molecule has 180 valence electrons. The molecule has 0 saturated carbocycles. The van der Waals surface area contributed by atoms with Gasteiger partial charge in [-0.15, -0.1) is 0 Å². The largest absolute Gasteiger partial charge is 0.357 e. The van der Waals surface area contributed by atoms with Gasteiger partial charge in [-0.25, -0.2) is 0 Å². The number of amides is 5. The highest BCUT2D eigenvalue weighted by Gasteiger charge is 2.48. The molecule has 1 unspecified atom stereocenters. The van der Waals surface area contributed by atoms with Crippen molar-refractivity contribution in [3.8, 4) is 11.4 Å². The summed E-state index contributed by atoms with van der Waals surface area (Å²) in [5, 5.41) is 8.75. The van der Waals surface area contributed by atoms with Crippen molar-refractivity contribution < 1.29 is 28.5 Å². The van der Waals surface area contributed by atoms with Crippen LogP contribution in [-0.4, -0.2) is 69.1 Å². The second kappa shape index (κ2) is 8.78. The van der Waals surface area contributed by atoms with Gasteiger partial charge in [-0.1, -0.05) is 17.3 Å². The summed E-state index contributed by atoms with van der Waals surface area (Å²) in [6, 6.07) is 5.76. The molecule has 12 heteroatoms. The number of carbonyl (C=O) groups excluding carboxylic acids is 5. The van der Waals surface area contributed by atoms with Crippen molar-refractivity contribution in [2.24, 2.45) is 0 Å². The van der Waals surface area contributed by atoms with Crippen LogP contribution in [0.25, 0.3) is 11.4 Å². The first kappa shape index (κ1) is 22.4. The number of imide groups is 2. The van der Waals surface area contributed by atoms with Crippen molar-refractivity contribution in [1.29, 1.82) is 0 Å². The van der Waals surface area contributed by atoms with E-state index in [2.05, 4.69) is 20.8 Å². The number of nitrogens with zero attached hydrogens (tertiary/aromatic N) is 4. The van der Waals surface area contributed by atoms with Crippen LogP contribution in [-0.2, 0) is 25.7 Å². The fraction of sp³-hybridized carbons (Fsp3) is 0.348. The second-order valence-corrected chi connectivity index (χ2v) is 8.47. The first-order valence-corrected chi connectivity index (χ1v) is 11.2. The lowest BCUT2D eigenvalue weighted by atomic mass is 10.0. The third-order valence-corrected chi connectivity index (χ3v) is 6.28. The Kier molecular flexibility index (Phi) is 5.63. The van der Waals surface area contributed by atoms with Gasteiger partial charge in [0, 0.05) is 36.7 Å². The summed E-state index contributed by atoms with van der Waals surface area (Å²) in [6.45, 7) is 0.591. The number of hydrogen-bond acceptors (Lipinski definition) is 9. The van der Waals surface area contributed by atoms with Crippen molar-refractivity contribution in [3.63, 3.8) is 0 Å². The highest BCUT2D eigenvalue weighted by Crippen LogP contribution is 2.34. The summed E-state index contributed by atoms with van der Waals surface area (Å²) in [5.41, 5.74) is 1.62. The van der Waals surface area contributed by atoms with Gasteiger partial charge in [0.25, 0.3) is 17.7 Å². The molecule has 0 bridgehead atoms. The minimum atomic E-state index is -1.01. The van der Waals surface area contributed by atoms with Gasteiger partial charge in [0.15, 0.2) is 0 Å². The highest BCUT2D eigenvalue weighted by molar-refractivity contribution is 6.21. The van der Waals surface area contributed by atoms with Crippen molar-refractivity contribution in [2.45, 2.75) is 38.3 Å². The Morgan fingerprint density at radius 2 is 2.03 bits per heavy atom. The van der Waals surface area contributed by atoms with Crippen LogP contribution in [0.15, 0.2) is 40.1 Å². The topological polar surface area (TPSA) is 155 Å². The molecule has 35 heavy (non-hydrogen) atoms. The molecular formula is C23H22N6O6. The van der Waals surface area contributed by atoms with Crippen LogP contribution in [0, 0.1) is 0 Å². The molecule has 2 aromatic rings. The van der Waals surface area contributed by atoms with Gasteiger partial charge >= 0.3 is 0 Å². The van der Waals surface area contributed by atoms with Crippen LogP contribution in [0.5, 0.6) is 0 Å². The van der Waals surface area contributed by atoms with Gasteiger partial charge in [0.2, 0.25) is 23.5 Å². The molecule has 12 nitrogen and oxygen atoms in total. The fourth-order valence-electron chi connectivity index (χ4n) is 4.61. The zero-order chi connectivity index (χ0) is 24.7. The van der Waals surface area contributed by atoms with Crippen LogP contribution in [0.2, 0.25) is 0 Å². The Hall–Kier alpha value is -4.35. The molecule has 1 saturated heterocycles. The molecule has 2 N–H and O–H groups in total. The smallest absolute Gasteiger partial charge is 0.278 e. The fourth-order valence-corrected chi connectivity index (χ4v) is 4.61. The van der Waals surface area contributed by atoms with E-state index < -0.39 is 29.7 Å². The van der Waals surface area contributed by atoms with E-state index in [-0.39, 0.29) is 42.7 Å². The normalized spacial score (nSPS) is 20.3. The van der Waals surface area contributed by atoms with Crippen LogP contribution in [0.4, 0.5) is 0 Å². The third-order valence-electron chi connectivity index (χ3n) is 6.28. The number of carbonyl (C=O) groups is 5. The van der Waals surface area contributed by atoms with E-state index in [0.29, 0.717) is 36.1 Å². The number of hydrogen-bond donors (Lipinski definition) is 2. The molecule has 1 fully saturated rings. The Labute approximate surface area is 199 Å². The Bertz CT molecular complexity index is 1300. The Balaban J connectivity index is 1.36. The zero-order valence-corrected chi connectivity index (χ0v) is 18.9. The van der Waals surface area contributed by atoms with Gasteiger partial charge in [0.05, 0.1) is 6.54 Å². The summed E-state index contributed by atoms with van der Waals surface area (Å²) in [4.78, 5) is 69.1. The minimum Gasteiger partial charge on any atom is -0.357 e.